The standard InChI is InChI=1S/C30H33N7O.2C2HF3O2/c1-19-16-17-23-22(18-19)27(33-24-14-8-9-15-25(24)34-29(31)32)36-30(35-23)37-28(38)26(20-10-4-2-5-11-20)21-12-6-3-7-13-21;2*3-2(4,5)1(6)7/h2-7,10-13,16-18,24-26H,8-9,14-15H2,1H3,(H4,31,32,34)(H2,33,35,36,37,38);2*(H,6,7). The van der Waals surface area contributed by atoms with Gasteiger partial charge in [0.1, 0.15) is 5.82 Å². The molecule has 1 aliphatic rings. The molecule has 1 heterocycles. The fourth-order valence-electron chi connectivity index (χ4n) is 5.18. The molecule has 1 saturated carbocycles. The van der Waals surface area contributed by atoms with E-state index in [2.05, 4.69) is 21.7 Å². The quantitative estimate of drug-likeness (QED) is 0.0745. The largest absolute Gasteiger partial charge is 0.490 e. The van der Waals surface area contributed by atoms with E-state index in [1.54, 1.807) is 0 Å². The Morgan fingerprint density at radius 3 is 1.79 bits per heavy atom. The SMILES string of the molecule is Cc1ccc2nc(NC(=O)C(c3ccccc3)c3ccccc3)nc(NC3CCCCC3N=C(N)N)c2c1.O=C(O)C(F)(F)F.O=C(O)C(F)(F)F. The summed E-state index contributed by atoms with van der Waals surface area (Å²) in [5, 5.41) is 21.7. The number of guanidine groups is 1. The Hall–Kier alpha value is -5.94. The average Bonchev–Trinajstić information content (AvgIpc) is 3.06. The molecule has 0 bridgehead atoms. The number of aromatic nitrogens is 2. The van der Waals surface area contributed by atoms with Crippen LogP contribution < -0.4 is 22.1 Å². The molecule has 1 amide bonds. The van der Waals surface area contributed by atoms with E-state index in [1.165, 1.54) is 0 Å². The number of fused-ring (bicyclic) bond motifs is 1. The van der Waals surface area contributed by atoms with Gasteiger partial charge in [0.25, 0.3) is 0 Å². The lowest BCUT2D eigenvalue weighted by atomic mass is 9.90. The van der Waals surface area contributed by atoms with Gasteiger partial charge in [-0.15, -0.1) is 0 Å². The third-order valence-electron chi connectivity index (χ3n) is 7.47. The molecule has 1 aromatic heterocycles. The Bertz CT molecular complexity index is 1790. The van der Waals surface area contributed by atoms with Gasteiger partial charge in [-0.2, -0.15) is 31.3 Å². The summed E-state index contributed by atoms with van der Waals surface area (Å²) >= 11 is 0. The maximum absolute atomic E-state index is 13.7. The number of aliphatic carboxylic acids is 2. The van der Waals surface area contributed by atoms with E-state index in [-0.39, 0.29) is 29.9 Å². The predicted molar refractivity (Wildman–Crippen MR) is 180 cm³/mol. The molecule has 1 fully saturated rings. The summed E-state index contributed by atoms with van der Waals surface area (Å²) in [5.41, 5.74) is 15.1. The number of aliphatic imine (C=N–C) groups is 1. The van der Waals surface area contributed by atoms with Gasteiger partial charge < -0.3 is 27.0 Å². The topological polar surface area (TPSA) is 206 Å². The van der Waals surface area contributed by atoms with Crippen LogP contribution in [0.15, 0.2) is 83.9 Å². The maximum Gasteiger partial charge on any atom is 0.490 e. The van der Waals surface area contributed by atoms with E-state index in [9.17, 15) is 31.1 Å². The number of alkyl halides is 6. The molecule has 12 nitrogen and oxygen atoms in total. The number of carbonyl (C=O) groups is 3. The number of carboxylic acids is 2. The molecule has 52 heavy (non-hydrogen) atoms. The summed E-state index contributed by atoms with van der Waals surface area (Å²) in [4.78, 5) is 45.5. The van der Waals surface area contributed by atoms with Crippen LogP contribution in [-0.2, 0) is 14.4 Å². The molecule has 0 radical (unpaired) electrons. The van der Waals surface area contributed by atoms with E-state index < -0.39 is 30.2 Å². The number of anilines is 2. The minimum absolute atomic E-state index is 0.0226. The zero-order chi connectivity index (χ0) is 38.6. The van der Waals surface area contributed by atoms with Crippen LogP contribution >= 0.6 is 0 Å². The third-order valence-corrected chi connectivity index (χ3v) is 7.47. The summed E-state index contributed by atoms with van der Waals surface area (Å²) in [6.45, 7) is 2.03. The monoisotopic (exact) mass is 735 g/mol. The molecule has 18 heteroatoms. The van der Waals surface area contributed by atoms with Crippen LogP contribution in [-0.4, -0.2) is 68.4 Å². The van der Waals surface area contributed by atoms with Crippen molar-refractivity contribution in [3.63, 3.8) is 0 Å². The lowest BCUT2D eigenvalue weighted by molar-refractivity contribution is -0.193. The normalized spacial score (nSPS) is 15.6. The number of nitrogens with two attached hydrogens (primary N) is 2. The molecule has 0 aliphatic heterocycles. The highest BCUT2D eigenvalue weighted by Crippen LogP contribution is 2.30. The van der Waals surface area contributed by atoms with E-state index >= 15 is 0 Å². The number of carboxylic acid groups (broad SMARTS) is 2. The highest BCUT2D eigenvalue weighted by molar-refractivity contribution is 5.99. The van der Waals surface area contributed by atoms with E-state index in [0.717, 1.165) is 53.3 Å². The first-order chi connectivity index (χ1) is 24.4. The zero-order valence-electron chi connectivity index (χ0n) is 27.4. The molecule has 278 valence electrons. The lowest BCUT2D eigenvalue weighted by Gasteiger charge is -2.30. The Kier molecular flexibility index (Phi) is 13.9. The van der Waals surface area contributed by atoms with E-state index in [4.69, 9.17) is 41.2 Å². The average molecular weight is 736 g/mol. The summed E-state index contributed by atoms with van der Waals surface area (Å²) in [6, 6.07) is 25.5. The first kappa shape index (κ1) is 40.5. The fourth-order valence-corrected chi connectivity index (χ4v) is 5.18. The first-order valence-electron chi connectivity index (χ1n) is 15.5. The number of benzene rings is 3. The summed E-state index contributed by atoms with van der Waals surface area (Å²) < 4.78 is 63.5. The second kappa shape index (κ2) is 17.8. The van der Waals surface area contributed by atoms with Gasteiger partial charge in [0, 0.05) is 5.39 Å². The number of hydrogen-bond donors (Lipinski definition) is 6. The third kappa shape index (κ3) is 12.1. The maximum atomic E-state index is 13.7. The molecule has 2 atom stereocenters. The summed E-state index contributed by atoms with van der Waals surface area (Å²) in [7, 11) is 0. The second-order valence-electron chi connectivity index (χ2n) is 11.4. The number of nitrogens with zero attached hydrogens (tertiary/aromatic N) is 3. The Morgan fingerprint density at radius 2 is 1.31 bits per heavy atom. The van der Waals surface area contributed by atoms with Gasteiger partial charge >= 0.3 is 24.3 Å². The van der Waals surface area contributed by atoms with Crippen molar-refractivity contribution in [3.05, 3.63) is 95.6 Å². The molecule has 8 N–H and O–H groups in total. The van der Waals surface area contributed by atoms with Crippen molar-refractivity contribution in [3.8, 4) is 0 Å². The van der Waals surface area contributed by atoms with Crippen molar-refractivity contribution in [2.24, 2.45) is 16.5 Å². The van der Waals surface area contributed by atoms with Gasteiger partial charge in [-0.05, 0) is 43.0 Å². The van der Waals surface area contributed by atoms with Crippen LogP contribution in [0, 0.1) is 6.92 Å². The number of amides is 1. The summed E-state index contributed by atoms with van der Waals surface area (Å²) in [5.74, 6) is -5.22. The zero-order valence-corrected chi connectivity index (χ0v) is 27.4. The van der Waals surface area contributed by atoms with E-state index in [1.807, 2.05) is 79.7 Å². The van der Waals surface area contributed by atoms with Crippen LogP contribution in [0.5, 0.6) is 0 Å². The second-order valence-corrected chi connectivity index (χ2v) is 11.4. The van der Waals surface area contributed by atoms with Crippen LogP contribution in [0.3, 0.4) is 0 Å². The Labute approximate surface area is 293 Å². The molecule has 1 aliphatic carbocycles. The van der Waals surface area contributed by atoms with Crippen LogP contribution in [0.2, 0.25) is 0 Å². The van der Waals surface area contributed by atoms with Gasteiger partial charge in [-0.3, -0.25) is 10.1 Å². The highest BCUT2D eigenvalue weighted by atomic mass is 19.4. The Morgan fingerprint density at radius 1 is 0.808 bits per heavy atom. The van der Waals surface area contributed by atoms with Gasteiger partial charge in [-0.1, -0.05) is 85.1 Å². The highest BCUT2D eigenvalue weighted by Gasteiger charge is 2.39. The lowest BCUT2D eigenvalue weighted by Crippen LogP contribution is -2.38. The molecular formula is C34H35F6N7O5. The van der Waals surface area contributed by atoms with Crippen molar-refractivity contribution in [1.82, 2.24) is 9.97 Å². The van der Waals surface area contributed by atoms with Gasteiger partial charge in [0.15, 0.2) is 5.96 Å². The number of hydrogen-bond acceptors (Lipinski definition) is 7. The number of aryl methyl sites for hydroxylation is 1. The molecule has 0 spiro atoms. The molecule has 2 unspecified atom stereocenters. The van der Waals surface area contributed by atoms with Crippen molar-refractivity contribution < 1.29 is 50.9 Å². The van der Waals surface area contributed by atoms with Crippen molar-refractivity contribution in [1.29, 1.82) is 0 Å². The van der Waals surface area contributed by atoms with Gasteiger partial charge in [-0.25, -0.2) is 19.6 Å². The number of rotatable bonds is 7. The molecular weight excluding hydrogens is 700 g/mol. The molecule has 4 aromatic rings. The van der Waals surface area contributed by atoms with Crippen molar-refractivity contribution in [2.45, 2.75) is 63.0 Å². The summed E-state index contributed by atoms with van der Waals surface area (Å²) in [6.07, 6.45) is -6.19. The van der Waals surface area contributed by atoms with Crippen molar-refractivity contribution in [2.75, 3.05) is 10.6 Å². The predicted octanol–water partition coefficient (Wildman–Crippen LogP) is 5.97. The molecule has 5 rings (SSSR count). The van der Waals surface area contributed by atoms with Crippen LogP contribution in [0.4, 0.5) is 38.1 Å². The van der Waals surface area contributed by atoms with Crippen LogP contribution in [0.1, 0.15) is 48.3 Å². The molecule has 3 aromatic carbocycles. The number of halogens is 6. The minimum Gasteiger partial charge on any atom is -0.475 e. The number of nitrogens with one attached hydrogen (secondary N) is 2. The van der Waals surface area contributed by atoms with Gasteiger partial charge in [0.05, 0.1) is 23.5 Å². The van der Waals surface area contributed by atoms with Gasteiger partial charge in [0.2, 0.25) is 11.9 Å². The number of carbonyl (C=O) groups excluding carboxylic acids is 1. The first-order valence-corrected chi connectivity index (χ1v) is 15.5. The molecule has 0 saturated heterocycles. The van der Waals surface area contributed by atoms with Crippen molar-refractivity contribution >= 4 is 46.5 Å². The smallest absolute Gasteiger partial charge is 0.475 e. The Balaban J connectivity index is 0.000000441. The minimum atomic E-state index is -5.08. The van der Waals surface area contributed by atoms with Crippen LogP contribution in [0.25, 0.3) is 10.9 Å². The van der Waals surface area contributed by atoms with E-state index in [0.29, 0.717) is 5.82 Å². The fraction of sp³-hybridized carbons (Fsp3) is 0.294.